The molecule has 0 amide bonds. The predicted octanol–water partition coefficient (Wildman–Crippen LogP) is 3.42. The van der Waals surface area contributed by atoms with Crippen LogP contribution >= 0.6 is 0 Å². The third-order valence-electron chi connectivity index (χ3n) is 4.10. The Morgan fingerprint density at radius 3 is 2.67 bits per heavy atom. The van der Waals surface area contributed by atoms with E-state index >= 15 is 0 Å². The quantitative estimate of drug-likeness (QED) is 0.862. The Morgan fingerprint density at radius 2 is 2.17 bits per heavy atom. The Kier molecular flexibility index (Phi) is 3.37. The lowest BCUT2D eigenvalue weighted by atomic mass is 9.86. The van der Waals surface area contributed by atoms with Crippen molar-refractivity contribution in [2.75, 3.05) is 11.9 Å². The van der Waals surface area contributed by atoms with Crippen molar-refractivity contribution in [3.05, 3.63) is 30.1 Å². The molecular formula is C15H22FNO. The molecule has 100 valence electrons. The number of aliphatic hydroxyl groups is 1. The van der Waals surface area contributed by atoms with Crippen LogP contribution in [0.4, 0.5) is 10.1 Å². The third kappa shape index (κ3) is 2.51. The van der Waals surface area contributed by atoms with Gasteiger partial charge in [-0.2, -0.15) is 0 Å². The van der Waals surface area contributed by atoms with E-state index in [1.165, 1.54) is 12.1 Å². The Hall–Kier alpha value is -1.09. The molecule has 1 fully saturated rings. The van der Waals surface area contributed by atoms with E-state index in [9.17, 15) is 9.50 Å². The van der Waals surface area contributed by atoms with Gasteiger partial charge in [0.15, 0.2) is 0 Å². The minimum absolute atomic E-state index is 0.0775. The van der Waals surface area contributed by atoms with E-state index < -0.39 is 0 Å². The van der Waals surface area contributed by atoms with Gasteiger partial charge >= 0.3 is 0 Å². The topological polar surface area (TPSA) is 32.3 Å². The maximum Gasteiger partial charge on any atom is 0.125 e. The highest BCUT2D eigenvalue weighted by Gasteiger charge is 2.48. The van der Waals surface area contributed by atoms with Crippen LogP contribution in [0, 0.1) is 17.2 Å². The van der Waals surface area contributed by atoms with Crippen LogP contribution in [0.5, 0.6) is 0 Å². The fourth-order valence-corrected chi connectivity index (χ4v) is 3.40. The second-order valence-electron chi connectivity index (χ2n) is 6.40. The monoisotopic (exact) mass is 251 g/mol. The number of nitrogens with one attached hydrogen (secondary N) is 1. The van der Waals surface area contributed by atoms with Crippen LogP contribution < -0.4 is 5.32 Å². The molecule has 2 rings (SSSR count). The summed E-state index contributed by atoms with van der Waals surface area (Å²) in [6.45, 7) is 6.66. The van der Waals surface area contributed by atoms with E-state index in [2.05, 4.69) is 26.1 Å². The van der Waals surface area contributed by atoms with Gasteiger partial charge in [0.25, 0.3) is 0 Å². The average molecular weight is 251 g/mol. The fourth-order valence-electron chi connectivity index (χ4n) is 3.40. The Labute approximate surface area is 108 Å². The zero-order valence-corrected chi connectivity index (χ0v) is 11.3. The fraction of sp³-hybridized carbons (Fsp3) is 0.600. The summed E-state index contributed by atoms with van der Waals surface area (Å²) in [6, 6.07) is 6.44. The van der Waals surface area contributed by atoms with Crippen LogP contribution in [0.2, 0.25) is 0 Å². The molecule has 1 saturated carbocycles. The van der Waals surface area contributed by atoms with Crippen molar-refractivity contribution in [3.63, 3.8) is 0 Å². The van der Waals surface area contributed by atoms with Gasteiger partial charge in [-0.15, -0.1) is 0 Å². The standard InChI is InChI=1S/C15H22FNO/c1-11-8-14(2,3)9-15(11,10-18)17-13-6-4-5-12(16)7-13/h4-7,11,17-18H,8-10H2,1-3H3. The zero-order chi connectivity index (χ0) is 13.4. The number of halogens is 1. The van der Waals surface area contributed by atoms with Gasteiger partial charge in [-0.25, -0.2) is 4.39 Å². The van der Waals surface area contributed by atoms with E-state index in [4.69, 9.17) is 0 Å². The normalized spacial score (nSPS) is 30.4. The second-order valence-corrected chi connectivity index (χ2v) is 6.40. The molecule has 1 aromatic rings. The number of anilines is 1. The molecule has 0 aliphatic heterocycles. The van der Waals surface area contributed by atoms with Crippen molar-refractivity contribution in [2.45, 2.75) is 39.2 Å². The van der Waals surface area contributed by atoms with Crippen molar-refractivity contribution < 1.29 is 9.50 Å². The average Bonchev–Trinajstić information content (AvgIpc) is 2.49. The van der Waals surface area contributed by atoms with Crippen LogP contribution in [-0.4, -0.2) is 17.3 Å². The van der Waals surface area contributed by atoms with Crippen molar-refractivity contribution in [1.29, 1.82) is 0 Å². The lowest BCUT2D eigenvalue weighted by Gasteiger charge is -2.34. The zero-order valence-electron chi connectivity index (χ0n) is 11.3. The van der Waals surface area contributed by atoms with Gasteiger partial charge in [-0.05, 0) is 42.4 Å². The van der Waals surface area contributed by atoms with E-state index in [1.807, 2.05) is 6.07 Å². The van der Waals surface area contributed by atoms with Gasteiger partial charge in [-0.3, -0.25) is 0 Å². The third-order valence-corrected chi connectivity index (χ3v) is 4.10. The maximum atomic E-state index is 13.2. The van der Waals surface area contributed by atoms with Gasteiger partial charge in [0, 0.05) is 5.69 Å². The highest BCUT2D eigenvalue weighted by molar-refractivity contribution is 5.46. The summed E-state index contributed by atoms with van der Waals surface area (Å²) in [5.41, 5.74) is 0.619. The first-order chi connectivity index (χ1) is 8.37. The summed E-state index contributed by atoms with van der Waals surface area (Å²) in [4.78, 5) is 0. The van der Waals surface area contributed by atoms with E-state index in [-0.39, 0.29) is 23.4 Å². The summed E-state index contributed by atoms with van der Waals surface area (Å²) in [7, 11) is 0. The lowest BCUT2D eigenvalue weighted by molar-refractivity contribution is 0.179. The molecule has 2 atom stereocenters. The number of aliphatic hydroxyl groups excluding tert-OH is 1. The van der Waals surface area contributed by atoms with Crippen molar-refractivity contribution >= 4 is 5.69 Å². The number of benzene rings is 1. The SMILES string of the molecule is CC1CC(C)(C)CC1(CO)Nc1cccc(F)c1. The lowest BCUT2D eigenvalue weighted by Crippen LogP contribution is -2.45. The molecule has 0 saturated heterocycles. The molecule has 0 aromatic heterocycles. The van der Waals surface area contributed by atoms with Gasteiger partial charge in [0.05, 0.1) is 12.1 Å². The molecular weight excluding hydrogens is 229 g/mol. The minimum atomic E-state index is -0.336. The summed E-state index contributed by atoms with van der Waals surface area (Å²) in [5.74, 6) is 0.110. The van der Waals surface area contributed by atoms with Crippen molar-refractivity contribution in [1.82, 2.24) is 0 Å². The summed E-state index contributed by atoms with van der Waals surface area (Å²) >= 11 is 0. The second kappa shape index (κ2) is 4.54. The molecule has 2 nitrogen and oxygen atoms in total. The number of hydrogen-bond donors (Lipinski definition) is 2. The van der Waals surface area contributed by atoms with Crippen LogP contribution in [0.15, 0.2) is 24.3 Å². The molecule has 0 bridgehead atoms. The highest BCUT2D eigenvalue weighted by atomic mass is 19.1. The Morgan fingerprint density at radius 1 is 1.44 bits per heavy atom. The van der Waals surface area contributed by atoms with Gasteiger partial charge in [-0.1, -0.05) is 26.8 Å². The smallest absolute Gasteiger partial charge is 0.125 e. The largest absolute Gasteiger partial charge is 0.394 e. The maximum absolute atomic E-state index is 13.2. The van der Waals surface area contributed by atoms with Crippen LogP contribution in [0.1, 0.15) is 33.6 Å². The van der Waals surface area contributed by atoms with Gasteiger partial charge in [0.2, 0.25) is 0 Å². The van der Waals surface area contributed by atoms with E-state index in [0.717, 1.165) is 18.5 Å². The Balaban J connectivity index is 2.24. The molecule has 18 heavy (non-hydrogen) atoms. The minimum Gasteiger partial charge on any atom is -0.394 e. The van der Waals surface area contributed by atoms with Gasteiger partial charge < -0.3 is 10.4 Å². The number of rotatable bonds is 3. The highest BCUT2D eigenvalue weighted by Crippen LogP contribution is 2.48. The molecule has 1 aromatic carbocycles. The number of hydrogen-bond acceptors (Lipinski definition) is 2. The molecule has 2 N–H and O–H groups in total. The van der Waals surface area contributed by atoms with Gasteiger partial charge in [0.1, 0.15) is 5.82 Å². The first-order valence-electron chi connectivity index (χ1n) is 6.52. The molecule has 0 heterocycles. The molecule has 3 heteroatoms. The van der Waals surface area contributed by atoms with Crippen LogP contribution in [-0.2, 0) is 0 Å². The van der Waals surface area contributed by atoms with Crippen molar-refractivity contribution in [2.24, 2.45) is 11.3 Å². The molecule has 1 aliphatic rings. The first-order valence-corrected chi connectivity index (χ1v) is 6.52. The van der Waals surface area contributed by atoms with E-state index in [1.54, 1.807) is 6.07 Å². The molecule has 1 aliphatic carbocycles. The summed E-state index contributed by atoms with van der Waals surface area (Å²) < 4.78 is 13.2. The first kappa shape index (κ1) is 13.3. The molecule has 2 unspecified atom stereocenters. The molecule has 0 radical (unpaired) electrons. The molecule has 0 spiro atoms. The van der Waals surface area contributed by atoms with Crippen molar-refractivity contribution in [3.8, 4) is 0 Å². The van der Waals surface area contributed by atoms with Crippen LogP contribution in [0.25, 0.3) is 0 Å². The summed E-state index contributed by atoms with van der Waals surface area (Å²) in [6.07, 6.45) is 1.96. The summed E-state index contributed by atoms with van der Waals surface area (Å²) in [5, 5.41) is 13.2. The Bertz CT molecular complexity index is 432. The van der Waals surface area contributed by atoms with Crippen LogP contribution in [0.3, 0.4) is 0 Å². The predicted molar refractivity (Wildman–Crippen MR) is 72.0 cm³/mol. The van der Waals surface area contributed by atoms with E-state index in [0.29, 0.717) is 5.92 Å².